The first-order valence-electron chi connectivity index (χ1n) is 11.3. The Labute approximate surface area is 172 Å². The lowest BCUT2D eigenvalue weighted by Crippen LogP contribution is -2.36. The molecule has 2 N–H and O–H groups in total. The Bertz CT molecular complexity index is 865. The zero-order valence-corrected chi connectivity index (χ0v) is 17.4. The summed E-state index contributed by atoms with van der Waals surface area (Å²) in [6.45, 7) is 3.11. The minimum atomic E-state index is 0.112. The first-order chi connectivity index (χ1) is 14.2. The standard InChI is InChI=1S/C22H32N6O/c1-27-13-10-16(11-14-27)23-20-17-8-9-18(24-21(17)26-25-20)19-7-4-12-28(19)22(29)15-5-2-3-6-15/h8-9,15-16,19H,2-7,10-14H2,1H3,(H2,23,24,25,26)/t19-/m1/s1. The molecule has 0 unspecified atom stereocenters. The van der Waals surface area contributed by atoms with Gasteiger partial charge in [-0.2, -0.15) is 5.10 Å². The van der Waals surface area contributed by atoms with Gasteiger partial charge in [-0.1, -0.05) is 12.8 Å². The van der Waals surface area contributed by atoms with Gasteiger partial charge in [0.15, 0.2) is 11.5 Å². The Hall–Kier alpha value is -2.15. The molecular weight excluding hydrogens is 364 g/mol. The highest BCUT2D eigenvalue weighted by Gasteiger charge is 2.35. The van der Waals surface area contributed by atoms with Crippen LogP contribution in [0.2, 0.25) is 0 Å². The normalized spacial score (nSPS) is 24.6. The molecule has 4 heterocycles. The summed E-state index contributed by atoms with van der Waals surface area (Å²) in [5.74, 6) is 1.48. The number of hydrogen-bond acceptors (Lipinski definition) is 5. The number of aromatic amines is 1. The van der Waals surface area contributed by atoms with Crippen molar-refractivity contribution in [2.75, 3.05) is 32.0 Å². The molecule has 29 heavy (non-hydrogen) atoms. The number of likely N-dealkylation sites (tertiary alicyclic amines) is 2. The van der Waals surface area contributed by atoms with Crippen LogP contribution in [-0.4, -0.2) is 63.6 Å². The number of hydrogen-bond donors (Lipinski definition) is 2. The van der Waals surface area contributed by atoms with Gasteiger partial charge < -0.3 is 15.1 Å². The number of aromatic nitrogens is 3. The van der Waals surface area contributed by atoms with Crippen molar-refractivity contribution in [3.8, 4) is 0 Å². The van der Waals surface area contributed by atoms with Gasteiger partial charge in [0.25, 0.3) is 0 Å². The third-order valence-electron chi connectivity index (χ3n) is 7.09. The number of piperidine rings is 1. The molecule has 2 saturated heterocycles. The summed E-state index contributed by atoms with van der Waals surface area (Å²) < 4.78 is 0. The number of carbonyl (C=O) groups excluding carboxylic acids is 1. The fraction of sp³-hybridized carbons (Fsp3) is 0.682. The van der Waals surface area contributed by atoms with Gasteiger partial charge in [-0.05, 0) is 70.8 Å². The van der Waals surface area contributed by atoms with Crippen LogP contribution in [0, 0.1) is 5.92 Å². The number of nitrogens with zero attached hydrogens (tertiary/aromatic N) is 4. The molecule has 0 bridgehead atoms. The number of fused-ring (bicyclic) bond motifs is 1. The number of rotatable bonds is 4. The van der Waals surface area contributed by atoms with Gasteiger partial charge in [0.1, 0.15) is 0 Å². The van der Waals surface area contributed by atoms with Gasteiger partial charge in [0.05, 0.1) is 17.1 Å². The third-order valence-corrected chi connectivity index (χ3v) is 7.09. The van der Waals surface area contributed by atoms with Gasteiger partial charge in [0, 0.05) is 18.5 Å². The van der Waals surface area contributed by atoms with E-state index in [0.29, 0.717) is 11.9 Å². The second-order valence-electron chi connectivity index (χ2n) is 9.10. The fourth-order valence-electron chi connectivity index (χ4n) is 5.31. The molecule has 2 aromatic heterocycles. The van der Waals surface area contributed by atoms with Crippen molar-refractivity contribution in [2.24, 2.45) is 5.92 Å². The molecule has 1 amide bonds. The Kier molecular flexibility index (Phi) is 5.16. The monoisotopic (exact) mass is 396 g/mol. The van der Waals surface area contributed by atoms with Gasteiger partial charge in [-0.3, -0.25) is 9.89 Å². The van der Waals surface area contributed by atoms with Crippen LogP contribution in [0.3, 0.4) is 0 Å². The fourth-order valence-corrected chi connectivity index (χ4v) is 5.31. The number of H-pyrrole nitrogens is 1. The van der Waals surface area contributed by atoms with Gasteiger partial charge in [-0.15, -0.1) is 0 Å². The Balaban J connectivity index is 1.33. The number of amides is 1. The van der Waals surface area contributed by atoms with E-state index in [-0.39, 0.29) is 12.0 Å². The molecule has 0 radical (unpaired) electrons. The van der Waals surface area contributed by atoms with Gasteiger partial charge >= 0.3 is 0 Å². The first kappa shape index (κ1) is 18.9. The molecule has 1 aliphatic carbocycles. The number of carbonyl (C=O) groups is 1. The molecule has 0 spiro atoms. The molecule has 2 aromatic rings. The molecule has 3 aliphatic rings. The molecule has 0 aromatic carbocycles. The Morgan fingerprint density at radius 1 is 1.07 bits per heavy atom. The van der Waals surface area contributed by atoms with E-state index >= 15 is 0 Å². The Morgan fingerprint density at radius 3 is 2.66 bits per heavy atom. The second kappa shape index (κ2) is 7.94. The van der Waals surface area contributed by atoms with Crippen molar-refractivity contribution < 1.29 is 4.79 Å². The average Bonchev–Trinajstić information content (AvgIpc) is 3.50. The summed E-state index contributed by atoms with van der Waals surface area (Å²) in [5, 5.41) is 12.3. The van der Waals surface area contributed by atoms with Crippen molar-refractivity contribution in [2.45, 2.75) is 63.5 Å². The summed E-state index contributed by atoms with van der Waals surface area (Å²) in [4.78, 5) is 22.4. The van der Waals surface area contributed by atoms with Crippen molar-refractivity contribution in [1.82, 2.24) is 25.0 Å². The second-order valence-corrected chi connectivity index (χ2v) is 9.10. The average molecular weight is 397 g/mol. The smallest absolute Gasteiger partial charge is 0.226 e. The van der Waals surface area contributed by atoms with Crippen LogP contribution in [0.1, 0.15) is 63.1 Å². The third kappa shape index (κ3) is 3.72. The van der Waals surface area contributed by atoms with Crippen LogP contribution in [0.15, 0.2) is 12.1 Å². The van der Waals surface area contributed by atoms with Crippen LogP contribution < -0.4 is 5.32 Å². The molecule has 7 nitrogen and oxygen atoms in total. The Morgan fingerprint density at radius 2 is 1.86 bits per heavy atom. The van der Waals surface area contributed by atoms with Crippen LogP contribution in [-0.2, 0) is 4.79 Å². The lowest BCUT2D eigenvalue weighted by atomic mass is 10.0. The SMILES string of the molecule is CN1CCC(Nc2n[nH]c3nc([C@H]4CCCN4C(=O)C4CCCC4)ccc23)CC1. The minimum Gasteiger partial charge on any atom is -0.365 e. The molecule has 1 saturated carbocycles. The molecule has 5 rings (SSSR count). The molecule has 3 fully saturated rings. The zero-order valence-electron chi connectivity index (χ0n) is 17.4. The van der Waals surface area contributed by atoms with E-state index in [0.717, 1.165) is 80.7 Å². The van der Waals surface area contributed by atoms with Crippen LogP contribution in [0.4, 0.5) is 5.82 Å². The maximum absolute atomic E-state index is 13.0. The molecule has 2 aliphatic heterocycles. The maximum Gasteiger partial charge on any atom is 0.226 e. The van der Waals surface area contributed by atoms with Crippen LogP contribution >= 0.6 is 0 Å². The topological polar surface area (TPSA) is 77.2 Å². The van der Waals surface area contributed by atoms with E-state index in [4.69, 9.17) is 4.98 Å². The van der Waals surface area contributed by atoms with E-state index in [1.54, 1.807) is 0 Å². The molecule has 7 heteroatoms. The minimum absolute atomic E-state index is 0.112. The summed E-state index contributed by atoms with van der Waals surface area (Å²) in [6, 6.07) is 4.80. The lowest BCUT2D eigenvalue weighted by molar-refractivity contribution is -0.136. The van der Waals surface area contributed by atoms with Crippen LogP contribution in [0.25, 0.3) is 11.0 Å². The highest BCUT2D eigenvalue weighted by Crippen LogP contribution is 2.36. The summed E-state index contributed by atoms with van der Waals surface area (Å²) in [6.07, 6.45) is 8.84. The van der Waals surface area contributed by atoms with Crippen molar-refractivity contribution in [3.63, 3.8) is 0 Å². The lowest BCUT2D eigenvalue weighted by Gasteiger charge is -2.29. The molecule has 156 valence electrons. The molecule has 1 atom stereocenters. The van der Waals surface area contributed by atoms with Crippen LogP contribution in [0.5, 0.6) is 0 Å². The molecular formula is C22H32N6O. The van der Waals surface area contributed by atoms with E-state index in [9.17, 15) is 4.79 Å². The summed E-state index contributed by atoms with van der Waals surface area (Å²) in [7, 11) is 2.18. The predicted octanol–water partition coefficient (Wildman–Crippen LogP) is 3.32. The quantitative estimate of drug-likeness (QED) is 0.829. The predicted molar refractivity (Wildman–Crippen MR) is 114 cm³/mol. The van der Waals surface area contributed by atoms with E-state index < -0.39 is 0 Å². The summed E-state index contributed by atoms with van der Waals surface area (Å²) in [5.41, 5.74) is 1.81. The van der Waals surface area contributed by atoms with Crippen molar-refractivity contribution in [1.29, 1.82) is 0 Å². The van der Waals surface area contributed by atoms with Crippen molar-refractivity contribution in [3.05, 3.63) is 17.8 Å². The summed E-state index contributed by atoms with van der Waals surface area (Å²) >= 11 is 0. The number of anilines is 1. The number of pyridine rings is 1. The first-order valence-corrected chi connectivity index (χ1v) is 11.3. The largest absolute Gasteiger partial charge is 0.365 e. The highest BCUT2D eigenvalue weighted by molar-refractivity contribution is 5.87. The number of nitrogens with one attached hydrogen (secondary N) is 2. The highest BCUT2D eigenvalue weighted by atomic mass is 16.2. The van der Waals surface area contributed by atoms with E-state index in [1.165, 1.54) is 12.8 Å². The van der Waals surface area contributed by atoms with Crippen molar-refractivity contribution >= 4 is 22.8 Å². The van der Waals surface area contributed by atoms with E-state index in [1.807, 2.05) is 0 Å². The van der Waals surface area contributed by atoms with Gasteiger partial charge in [0.2, 0.25) is 5.91 Å². The maximum atomic E-state index is 13.0. The zero-order chi connectivity index (χ0) is 19.8. The van der Waals surface area contributed by atoms with Gasteiger partial charge in [-0.25, -0.2) is 4.98 Å². The van der Waals surface area contributed by atoms with E-state index in [2.05, 4.69) is 44.5 Å².